The summed E-state index contributed by atoms with van der Waals surface area (Å²) in [6.07, 6.45) is 3.81. The summed E-state index contributed by atoms with van der Waals surface area (Å²) in [7, 11) is 0. The average Bonchev–Trinajstić information content (AvgIpc) is 3.21. The highest BCUT2D eigenvalue weighted by molar-refractivity contribution is 6.32. The van der Waals surface area contributed by atoms with Crippen LogP contribution < -0.4 is 14.8 Å². The molecule has 0 radical (unpaired) electrons. The fourth-order valence-electron chi connectivity index (χ4n) is 3.51. The molecule has 6 nitrogen and oxygen atoms in total. The monoisotopic (exact) mass is 430 g/mol. The third kappa shape index (κ3) is 4.41. The van der Waals surface area contributed by atoms with Crippen molar-refractivity contribution in [2.75, 3.05) is 25.2 Å². The Labute approximate surface area is 178 Å². The summed E-state index contributed by atoms with van der Waals surface area (Å²) in [6, 6.07) is 9.63. The van der Waals surface area contributed by atoms with Gasteiger partial charge in [0.15, 0.2) is 11.5 Å². The molecule has 0 saturated carbocycles. The Morgan fingerprint density at radius 1 is 1.13 bits per heavy atom. The third-order valence-electron chi connectivity index (χ3n) is 5.21. The Hall–Kier alpha value is -3.06. The summed E-state index contributed by atoms with van der Waals surface area (Å²) in [5.74, 6) is 0.271. The number of rotatable bonds is 4. The highest BCUT2D eigenvalue weighted by Gasteiger charge is 2.27. The van der Waals surface area contributed by atoms with E-state index in [-0.39, 0.29) is 35.1 Å². The first-order valence-electron chi connectivity index (χ1n) is 9.63. The van der Waals surface area contributed by atoms with Gasteiger partial charge in [-0.15, -0.1) is 0 Å². The van der Waals surface area contributed by atoms with Gasteiger partial charge in [0, 0.05) is 42.4 Å². The Morgan fingerprint density at radius 2 is 1.90 bits per heavy atom. The number of benzene rings is 2. The molecule has 1 N–H and O–H groups in total. The second-order valence-electron chi connectivity index (χ2n) is 7.13. The van der Waals surface area contributed by atoms with Crippen molar-refractivity contribution in [2.24, 2.45) is 5.92 Å². The number of hydrogen-bond acceptors (Lipinski definition) is 4. The number of fused-ring (bicyclic) bond motifs is 1. The van der Waals surface area contributed by atoms with Crippen LogP contribution in [0.3, 0.4) is 0 Å². The Kier molecular flexibility index (Phi) is 5.90. The van der Waals surface area contributed by atoms with Gasteiger partial charge < -0.3 is 19.7 Å². The first kappa shape index (κ1) is 20.2. The number of amides is 2. The molecule has 0 bridgehead atoms. The van der Waals surface area contributed by atoms with Crippen molar-refractivity contribution in [3.8, 4) is 11.5 Å². The number of likely N-dealkylation sites (tertiary alicyclic amines) is 1. The number of nitrogens with one attached hydrogen (secondary N) is 1. The van der Waals surface area contributed by atoms with Gasteiger partial charge in [-0.25, -0.2) is 4.39 Å². The van der Waals surface area contributed by atoms with Crippen molar-refractivity contribution in [3.05, 3.63) is 58.9 Å². The zero-order valence-electron chi connectivity index (χ0n) is 16.1. The number of piperidine rings is 1. The van der Waals surface area contributed by atoms with Crippen molar-refractivity contribution < 1.29 is 23.5 Å². The van der Waals surface area contributed by atoms with Crippen LogP contribution in [-0.4, -0.2) is 36.6 Å². The summed E-state index contributed by atoms with van der Waals surface area (Å²) in [5, 5.41) is 3.14. The van der Waals surface area contributed by atoms with Gasteiger partial charge >= 0.3 is 0 Å². The maximum atomic E-state index is 13.8. The first-order chi connectivity index (χ1) is 14.5. The molecule has 156 valence electrons. The lowest BCUT2D eigenvalue weighted by atomic mass is 9.95. The Bertz CT molecular complexity index is 982. The van der Waals surface area contributed by atoms with E-state index < -0.39 is 5.82 Å². The van der Waals surface area contributed by atoms with Gasteiger partial charge in [-0.1, -0.05) is 17.7 Å². The van der Waals surface area contributed by atoms with Crippen molar-refractivity contribution >= 4 is 35.2 Å². The number of nitrogens with zero attached hydrogens (tertiary/aromatic N) is 1. The summed E-state index contributed by atoms with van der Waals surface area (Å²) < 4.78 is 24.4. The van der Waals surface area contributed by atoms with E-state index in [0.717, 1.165) is 0 Å². The van der Waals surface area contributed by atoms with Gasteiger partial charge in [0.2, 0.25) is 18.6 Å². The molecule has 2 aromatic rings. The fourth-order valence-corrected chi connectivity index (χ4v) is 3.74. The van der Waals surface area contributed by atoms with Crippen LogP contribution in [0.2, 0.25) is 5.02 Å². The van der Waals surface area contributed by atoms with Crippen LogP contribution in [0.15, 0.2) is 42.5 Å². The first-order valence-corrected chi connectivity index (χ1v) is 10.0. The smallest absolute Gasteiger partial charge is 0.246 e. The molecule has 0 spiro atoms. The minimum absolute atomic E-state index is 0.0883. The van der Waals surface area contributed by atoms with Gasteiger partial charge in [0.25, 0.3) is 0 Å². The van der Waals surface area contributed by atoms with Gasteiger partial charge in [-0.3, -0.25) is 9.59 Å². The van der Waals surface area contributed by atoms with E-state index in [0.29, 0.717) is 43.1 Å². The van der Waals surface area contributed by atoms with Crippen LogP contribution in [0.4, 0.5) is 10.1 Å². The van der Waals surface area contributed by atoms with E-state index in [2.05, 4.69) is 5.32 Å². The molecule has 2 aliphatic rings. The Balaban J connectivity index is 1.30. The zero-order chi connectivity index (χ0) is 21.1. The quantitative estimate of drug-likeness (QED) is 0.741. The average molecular weight is 431 g/mol. The van der Waals surface area contributed by atoms with Crippen LogP contribution in [0.25, 0.3) is 6.08 Å². The van der Waals surface area contributed by atoms with Crippen molar-refractivity contribution in [2.45, 2.75) is 12.8 Å². The standard InChI is InChI=1S/C22H20ClFN2O4/c23-17-2-1-3-18(24)16(17)5-7-21(27)26-10-8-14(9-11-26)22(28)25-15-4-6-19-20(12-15)30-13-29-19/h1-7,12,14H,8-11,13H2,(H,25,28)/b7-5+. The summed E-state index contributed by atoms with van der Waals surface area (Å²) in [6.45, 7) is 1.08. The van der Waals surface area contributed by atoms with Crippen LogP contribution in [0.1, 0.15) is 18.4 Å². The summed E-state index contributed by atoms with van der Waals surface area (Å²) in [5.41, 5.74) is 0.831. The lowest BCUT2D eigenvalue weighted by Crippen LogP contribution is -2.40. The summed E-state index contributed by atoms with van der Waals surface area (Å²) >= 11 is 5.97. The normalized spacial score (nSPS) is 16.1. The highest BCUT2D eigenvalue weighted by atomic mass is 35.5. The zero-order valence-corrected chi connectivity index (χ0v) is 16.8. The van der Waals surface area contributed by atoms with E-state index in [9.17, 15) is 14.0 Å². The topological polar surface area (TPSA) is 67.9 Å². The lowest BCUT2D eigenvalue weighted by Gasteiger charge is -2.30. The molecule has 1 saturated heterocycles. The molecule has 0 unspecified atom stereocenters. The molecule has 2 heterocycles. The lowest BCUT2D eigenvalue weighted by molar-refractivity contribution is -0.130. The second-order valence-corrected chi connectivity index (χ2v) is 7.53. The molecular formula is C22H20ClFN2O4. The molecule has 2 aromatic carbocycles. The van der Waals surface area contributed by atoms with Crippen molar-refractivity contribution in [1.29, 1.82) is 0 Å². The number of ether oxygens (including phenoxy) is 2. The predicted octanol–water partition coefficient (Wildman–Crippen LogP) is 4.10. The van der Waals surface area contributed by atoms with E-state index in [1.165, 1.54) is 24.3 Å². The molecular weight excluding hydrogens is 411 g/mol. The molecule has 30 heavy (non-hydrogen) atoms. The SMILES string of the molecule is O=C(Nc1ccc2c(c1)OCO2)C1CCN(C(=O)/C=C/c2c(F)cccc2Cl)CC1. The largest absolute Gasteiger partial charge is 0.454 e. The molecule has 2 amide bonds. The number of carbonyl (C=O) groups excluding carboxylic acids is 2. The van der Waals surface area contributed by atoms with Gasteiger partial charge in [-0.05, 0) is 43.2 Å². The van der Waals surface area contributed by atoms with Crippen LogP contribution in [-0.2, 0) is 9.59 Å². The molecule has 1 fully saturated rings. The maximum Gasteiger partial charge on any atom is 0.246 e. The van der Waals surface area contributed by atoms with Crippen LogP contribution in [0.5, 0.6) is 11.5 Å². The Morgan fingerprint density at radius 3 is 2.67 bits per heavy atom. The number of carbonyl (C=O) groups is 2. The van der Waals surface area contributed by atoms with Crippen molar-refractivity contribution in [1.82, 2.24) is 4.90 Å². The van der Waals surface area contributed by atoms with Gasteiger partial charge in [0.05, 0.1) is 5.02 Å². The predicted molar refractivity (Wildman–Crippen MR) is 111 cm³/mol. The molecule has 0 aliphatic carbocycles. The van der Waals surface area contributed by atoms with Crippen LogP contribution >= 0.6 is 11.6 Å². The number of hydrogen-bond donors (Lipinski definition) is 1. The minimum Gasteiger partial charge on any atom is -0.454 e. The molecule has 0 atom stereocenters. The maximum absolute atomic E-state index is 13.8. The van der Waals surface area contributed by atoms with Crippen LogP contribution in [0, 0.1) is 11.7 Å². The van der Waals surface area contributed by atoms with Gasteiger partial charge in [-0.2, -0.15) is 0 Å². The minimum atomic E-state index is -0.481. The fraction of sp³-hybridized carbons (Fsp3) is 0.273. The van der Waals surface area contributed by atoms with Gasteiger partial charge in [0.1, 0.15) is 5.82 Å². The van der Waals surface area contributed by atoms with E-state index in [1.54, 1.807) is 29.2 Å². The number of halogens is 2. The molecule has 8 heteroatoms. The second kappa shape index (κ2) is 8.75. The molecule has 4 rings (SSSR count). The third-order valence-corrected chi connectivity index (χ3v) is 5.54. The van der Waals surface area contributed by atoms with E-state index in [4.69, 9.17) is 21.1 Å². The molecule has 2 aliphatic heterocycles. The van der Waals surface area contributed by atoms with E-state index in [1.807, 2.05) is 0 Å². The van der Waals surface area contributed by atoms with E-state index >= 15 is 0 Å². The van der Waals surface area contributed by atoms with Crippen molar-refractivity contribution in [3.63, 3.8) is 0 Å². The molecule has 0 aromatic heterocycles. The summed E-state index contributed by atoms with van der Waals surface area (Å²) in [4.78, 5) is 26.6. The number of anilines is 1. The highest BCUT2D eigenvalue weighted by Crippen LogP contribution is 2.34.